The number of piperidine rings is 1. The number of carbonyl (C=O) groups is 1. The van der Waals surface area contributed by atoms with Crippen LogP contribution in [-0.2, 0) is 17.9 Å². The highest BCUT2D eigenvalue weighted by Gasteiger charge is 2.27. The summed E-state index contributed by atoms with van der Waals surface area (Å²) in [6, 6.07) is 9.85. The lowest BCUT2D eigenvalue weighted by Gasteiger charge is -2.28. The Kier molecular flexibility index (Phi) is 5.93. The molecule has 1 aliphatic heterocycles. The minimum absolute atomic E-state index is 0.140. The van der Waals surface area contributed by atoms with Gasteiger partial charge in [0.2, 0.25) is 5.91 Å². The minimum Gasteiger partial charge on any atom is -0.352 e. The van der Waals surface area contributed by atoms with Gasteiger partial charge in [0.25, 0.3) is 0 Å². The molecule has 2 N–H and O–H groups in total. The van der Waals surface area contributed by atoms with Gasteiger partial charge in [-0.25, -0.2) is 0 Å². The molecule has 1 amide bonds. The van der Waals surface area contributed by atoms with Gasteiger partial charge in [0.1, 0.15) is 6.54 Å². The first kappa shape index (κ1) is 17.5. The molecule has 3 nitrogen and oxygen atoms in total. The zero-order chi connectivity index (χ0) is 16.9. The van der Waals surface area contributed by atoms with Gasteiger partial charge >= 0.3 is 0 Å². The standard InChI is InChI=1S/C19H23ClN2OS/c1-14-8-11-24-18(14)13-22-9-6-15(7-10-22)19(23)21-12-16-4-2-3-5-17(16)20/h2-5,8,11,15H,6-7,9-10,12-13H2,1H3,(H,21,23)/p+1. The van der Waals surface area contributed by atoms with Gasteiger partial charge in [-0.3, -0.25) is 4.79 Å². The van der Waals surface area contributed by atoms with Crippen LogP contribution in [0.2, 0.25) is 5.02 Å². The van der Waals surface area contributed by atoms with E-state index in [1.54, 1.807) is 4.90 Å². The fourth-order valence-electron chi connectivity index (χ4n) is 3.25. The molecule has 2 heterocycles. The molecule has 0 unspecified atom stereocenters. The highest BCUT2D eigenvalue weighted by Crippen LogP contribution is 2.17. The first-order chi connectivity index (χ1) is 11.6. The molecular formula is C19H24ClN2OS+. The number of thiophene rings is 1. The summed E-state index contributed by atoms with van der Waals surface area (Å²) in [5.41, 5.74) is 2.37. The van der Waals surface area contributed by atoms with E-state index in [-0.39, 0.29) is 11.8 Å². The molecule has 0 atom stereocenters. The van der Waals surface area contributed by atoms with Gasteiger partial charge in [-0.05, 0) is 35.6 Å². The van der Waals surface area contributed by atoms with E-state index in [2.05, 4.69) is 23.7 Å². The maximum atomic E-state index is 12.4. The van der Waals surface area contributed by atoms with E-state index in [9.17, 15) is 4.79 Å². The average Bonchev–Trinajstić information content (AvgIpc) is 2.99. The van der Waals surface area contributed by atoms with Crippen LogP contribution in [0, 0.1) is 12.8 Å². The van der Waals surface area contributed by atoms with Crippen LogP contribution in [0.1, 0.15) is 28.8 Å². The van der Waals surface area contributed by atoms with E-state index in [1.807, 2.05) is 35.6 Å². The van der Waals surface area contributed by atoms with Crippen molar-refractivity contribution in [3.63, 3.8) is 0 Å². The number of likely N-dealkylation sites (tertiary alicyclic amines) is 1. The van der Waals surface area contributed by atoms with Crippen molar-refractivity contribution in [1.82, 2.24) is 5.32 Å². The van der Waals surface area contributed by atoms with Gasteiger partial charge in [0.05, 0.1) is 18.0 Å². The Balaban J connectivity index is 1.45. The van der Waals surface area contributed by atoms with Gasteiger partial charge in [0.15, 0.2) is 0 Å². The highest BCUT2D eigenvalue weighted by molar-refractivity contribution is 7.10. The Hall–Kier alpha value is -1.36. The van der Waals surface area contributed by atoms with Crippen LogP contribution in [0.5, 0.6) is 0 Å². The number of rotatable bonds is 5. The molecule has 1 fully saturated rings. The summed E-state index contributed by atoms with van der Waals surface area (Å²) in [6.07, 6.45) is 1.93. The summed E-state index contributed by atoms with van der Waals surface area (Å²) in [5, 5.41) is 5.93. The predicted molar refractivity (Wildman–Crippen MR) is 99.5 cm³/mol. The molecule has 0 bridgehead atoms. The fraction of sp³-hybridized carbons (Fsp3) is 0.421. The van der Waals surface area contributed by atoms with E-state index in [0.29, 0.717) is 11.6 Å². The molecule has 0 spiro atoms. The van der Waals surface area contributed by atoms with Crippen LogP contribution in [0.15, 0.2) is 35.7 Å². The molecule has 1 aromatic carbocycles. The summed E-state index contributed by atoms with van der Waals surface area (Å²) >= 11 is 7.98. The van der Waals surface area contributed by atoms with Crippen LogP contribution < -0.4 is 10.2 Å². The minimum atomic E-state index is 0.140. The van der Waals surface area contributed by atoms with E-state index >= 15 is 0 Å². The second-order valence-electron chi connectivity index (χ2n) is 6.54. The van der Waals surface area contributed by atoms with Crippen molar-refractivity contribution in [1.29, 1.82) is 0 Å². The van der Waals surface area contributed by atoms with Crippen LogP contribution in [0.25, 0.3) is 0 Å². The lowest BCUT2D eigenvalue weighted by molar-refractivity contribution is -0.919. The first-order valence-corrected chi connectivity index (χ1v) is 9.77. The molecule has 2 aromatic rings. The van der Waals surface area contributed by atoms with E-state index in [4.69, 9.17) is 11.6 Å². The SMILES string of the molecule is Cc1ccsc1C[NH+]1CCC(C(=O)NCc2ccccc2Cl)CC1. The molecule has 128 valence electrons. The smallest absolute Gasteiger partial charge is 0.223 e. The number of nitrogens with one attached hydrogen (secondary N) is 2. The molecule has 5 heteroatoms. The number of quaternary nitrogens is 1. The Morgan fingerprint density at radius 2 is 2.04 bits per heavy atom. The molecule has 24 heavy (non-hydrogen) atoms. The molecule has 3 rings (SSSR count). The lowest BCUT2D eigenvalue weighted by atomic mass is 9.95. The van der Waals surface area contributed by atoms with Crippen molar-refractivity contribution in [3.8, 4) is 0 Å². The van der Waals surface area contributed by atoms with Gasteiger partial charge < -0.3 is 10.2 Å². The number of hydrogen-bond acceptors (Lipinski definition) is 2. The van der Waals surface area contributed by atoms with Crippen LogP contribution in [-0.4, -0.2) is 19.0 Å². The molecular weight excluding hydrogens is 340 g/mol. The van der Waals surface area contributed by atoms with E-state index < -0.39 is 0 Å². The second-order valence-corrected chi connectivity index (χ2v) is 7.94. The van der Waals surface area contributed by atoms with Crippen LogP contribution in [0.4, 0.5) is 0 Å². The maximum Gasteiger partial charge on any atom is 0.223 e. The molecule has 0 radical (unpaired) electrons. The number of benzene rings is 1. The Morgan fingerprint density at radius 3 is 2.71 bits per heavy atom. The molecule has 0 aliphatic carbocycles. The normalized spacial score (nSPS) is 20.8. The summed E-state index contributed by atoms with van der Waals surface area (Å²) in [7, 11) is 0. The number of amides is 1. The van der Waals surface area contributed by atoms with Crippen molar-refractivity contribution < 1.29 is 9.69 Å². The average molecular weight is 364 g/mol. The zero-order valence-electron chi connectivity index (χ0n) is 14.0. The number of hydrogen-bond donors (Lipinski definition) is 2. The third kappa shape index (κ3) is 4.38. The van der Waals surface area contributed by atoms with Crippen molar-refractivity contribution >= 4 is 28.8 Å². The van der Waals surface area contributed by atoms with Crippen LogP contribution >= 0.6 is 22.9 Å². The third-order valence-electron chi connectivity index (χ3n) is 4.85. The van der Waals surface area contributed by atoms with Gasteiger partial charge in [-0.2, -0.15) is 0 Å². The summed E-state index contributed by atoms with van der Waals surface area (Å²) < 4.78 is 0. The molecule has 1 aliphatic rings. The van der Waals surface area contributed by atoms with Crippen molar-refractivity contribution in [2.75, 3.05) is 13.1 Å². The topological polar surface area (TPSA) is 33.5 Å². The highest BCUT2D eigenvalue weighted by atomic mass is 35.5. The number of carbonyl (C=O) groups excluding carboxylic acids is 1. The Bertz CT molecular complexity index is 692. The first-order valence-electron chi connectivity index (χ1n) is 8.51. The van der Waals surface area contributed by atoms with Crippen molar-refractivity contribution in [3.05, 3.63) is 56.7 Å². The van der Waals surface area contributed by atoms with Gasteiger partial charge in [-0.15, -0.1) is 11.3 Å². The predicted octanol–water partition coefficient (Wildman–Crippen LogP) is 2.82. The van der Waals surface area contributed by atoms with Crippen molar-refractivity contribution in [2.24, 2.45) is 5.92 Å². The maximum absolute atomic E-state index is 12.4. The van der Waals surface area contributed by atoms with Gasteiger partial charge in [-0.1, -0.05) is 29.8 Å². The van der Waals surface area contributed by atoms with Gasteiger partial charge in [0, 0.05) is 30.3 Å². The second kappa shape index (κ2) is 8.15. The zero-order valence-corrected chi connectivity index (χ0v) is 15.6. The van der Waals surface area contributed by atoms with E-state index in [0.717, 1.165) is 38.0 Å². The summed E-state index contributed by atoms with van der Waals surface area (Å²) in [4.78, 5) is 15.5. The van der Waals surface area contributed by atoms with Crippen LogP contribution in [0.3, 0.4) is 0 Å². The summed E-state index contributed by atoms with van der Waals surface area (Å²) in [5.74, 6) is 0.307. The molecule has 1 aromatic heterocycles. The lowest BCUT2D eigenvalue weighted by Crippen LogP contribution is -3.11. The Labute approximate surface area is 152 Å². The number of halogens is 1. The van der Waals surface area contributed by atoms with E-state index in [1.165, 1.54) is 10.4 Å². The quantitative estimate of drug-likeness (QED) is 0.841. The fourth-order valence-corrected chi connectivity index (χ4v) is 4.43. The number of aryl methyl sites for hydroxylation is 1. The third-order valence-corrected chi connectivity index (χ3v) is 6.24. The Morgan fingerprint density at radius 1 is 1.29 bits per heavy atom. The summed E-state index contributed by atoms with van der Waals surface area (Å²) in [6.45, 7) is 5.93. The molecule has 1 saturated heterocycles. The largest absolute Gasteiger partial charge is 0.352 e. The monoisotopic (exact) mass is 363 g/mol. The molecule has 0 saturated carbocycles. The van der Waals surface area contributed by atoms with Crippen molar-refractivity contribution in [2.45, 2.75) is 32.9 Å².